The van der Waals surface area contributed by atoms with Gasteiger partial charge >= 0.3 is 430 Å². The average Bonchev–Trinajstić information content (AvgIpc) is 3.79. The van der Waals surface area contributed by atoms with Gasteiger partial charge in [-0.3, -0.25) is 0 Å². The van der Waals surface area contributed by atoms with Crippen molar-refractivity contribution in [1.29, 1.82) is 0 Å². The summed E-state index contributed by atoms with van der Waals surface area (Å²) in [5.74, 6) is 0. The van der Waals surface area contributed by atoms with E-state index in [0.29, 0.717) is 71.2 Å². The Hall–Kier alpha value is -2.17. The predicted octanol–water partition coefficient (Wildman–Crippen LogP) is 8.47. The molecule has 14 heteroatoms. The van der Waals surface area contributed by atoms with E-state index in [2.05, 4.69) is 192 Å². The monoisotopic (exact) mass is 1280 g/mol. The van der Waals surface area contributed by atoms with Crippen LogP contribution in [0.1, 0.15) is 49.9 Å². The van der Waals surface area contributed by atoms with Crippen molar-refractivity contribution in [3.63, 3.8) is 0 Å². The first-order valence-electron chi connectivity index (χ1n) is 21.9. The molecule has 0 saturated carbocycles. The molecule has 4 aromatic rings. The minimum absolute atomic E-state index is 0.408. The van der Waals surface area contributed by atoms with Crippen LogP contribution < -0.4 is 20.4 Å². The normalized spacial score (nSPS) is 17.4. The van der Waals surface area contributed by atoms with Crippen molar-refractivity contribution in [2.45, 2.75) is 74.3 Å². The minimum atomic E-state index is 0.408. The summed E-state index contributed by atoms with van der Waals surface area (Å²) in [6.45, 7) is 25.1. The van der Waals surface area contributed by atoms with Crippen LogP contribution in [0.3, 0.4) is 0 Å². The van der Waals surface area contributed by atoms with Gasteiger partial charge < -0.3 is 0 Å². The summed E-state index contributed by atoms with van der Waals surface area (Å²) < 4.78 is 1.18. The van der Waals surface area contributed by atoms with Gasteiger partial charge in [-0.2, -0.15) is 0 Å². The molecule has 0 spiro atoms. The summed E-state index contributed by atoms with van der Waals surface area (Å²) in [5, 5.41) is 10.8. The first-order valence-corrected chi connectivity index (χ1v) is 30.0. The number of benzene rings is 4. The van der Waals surface area contributed by atoms with E-state index < -0.39 is 0 Å². The van der Waals surface area contributed by atoms with Gasteiger partial charge in [0.2, 0.25) is 0 Å². The second kappa shape index (κ2) is 24.4. The predicted molar refractivity (Wildman–Crippen MR) is 274 cm³/mol. The van der Waals surface area contributed by atoms with Crippen LogP contribution in [-0.2, 0) is 76.7 Å². The van der Waals surface area contributed by atoms with Crippen LogP contribution in [0, 0.1) is 27.7 Å². The molecule has 0 bridgehead atoms. The molecule has 2 heterocycles. The van der Waals surface area contributed by atoms with E-state index in [9.17, 15) is 0 Å². The maximum absolute atomic E-state index is 5.92. The summed E-state index contributed by atoms with van der Waals surface area (Å²) in [6, 6.07) is 34.7. The number of thiocarbonyl (C=S) groups is 2. The second-order valence-electron chi connectivity index (χ2n) is 16.2. The Bertz CT molecular complexity index is 2020. The van der Waals surface area contributed by atoms with Crippen LogP contribution in [0.25, 0.3) is 0 Å². The van der Waals surface area contributed by atoms with Gasteiger partial charge in [-0.25, -0.2) is 0 Å². The molecule has 2 saturated heterocycles. The Morgan fingerprint density at radius 2 is 0.903 bits per heavy atom. The van der Waals surface area contributed by atoms with Crippen LogP contribution >= 0.6 is 24.4 Å². The molecular formula is C48H64Hg2N8S4+2. The van der Waals surface area contributed by atoms with Crippen LogP contribution in [-0.4, -0.2) is 104 Å². The number of likely N-dealkylation sites (N-methyl/N-ethyl adjacent to an activating group) is 2. The molecule has 0 radical (unpaired) electrons. The summed E-state index contributed by atoms with van der Waals surface area (Å²) in [5.41, 5.74) is 9.73. The van der Waals surface area contributed by atoms with Crippen LogP contribution in [0.5, 0.6) is 0 Å². The second-order valence-corrected chi connectivity index (χ2v) is 25.9. The Kier molecular flexibility index (Phi) is 20.0. The van der Waals surface area contributed by atoms with Crippen molar-refractivity contribution in [2.24, 2.45) is 0 Å². The van der Waals surface area contributed by atoms with Crippen LogP contribution in [0.15, 0.2) is 97.1 Å². The van der Waals surface area contributed by atoms with Gasteiger partial charge in [-0.1, -0.05) is 0 Å². The number of anilines is 4. The number of rotatable bonds is 14. The topological polar surface area (TPSA) is 43.5 Å². The third kappa shape index (κ3) is 12.6. The SMILES string of the molecule is CCN1CC([CH]([Hg])CN(CC)C(=[SH+])Nc2ccccc2C)N(c2ccccc2C)C1=S.CCN1CC([CH]([Hg])CN(CC)C(=[SH+])Nc2ccccc2C)N(c2ccccc2C)C1=S. The molecular weight excluding hydrogens is 1220 g/mol. The van der Waals surface area contributed by atoms with Crippen molar-refractivity contribution in [1.82, 2.24) is 19.6 Å². The summed E-state index contributed by atoms with van der Waals surface area (Å²) in [7, 11) is 0. The van der Waals surface area contributed by atoms with Crippen molar-refractivity contribution in [2.75, 3.05) is 72.8 Å². The molecule has 2 aliphatic rings. The molecule has 2 fully saturated rings. The molecule has 4 atom stereocenters. The zero-order valence-electron chi connectivity index (χ0n) is 38.0. The van der Waals surface area contributed by atoms with Gasteiger partial charge in [0.05, 0.1) is 0 Å². The van der Waals surface area contributed by atoms with E-state index in [1.165, 1.54) is 33.6 Å². The van der Waals surface area contributed by atoms with Gasteiger partial charge in [-0.15, -0.1) is 0 Å². The molecule has 8 nitrogen and oxygen atoms in total. The Morgan fingerprint density at radius 1 is 0.581 bits per heavy atom. The van der Waals surface area contributed by atoms with Crippen molar-refractivity contribution in [3.05, 3.63) is 119 Å². The standard InChI is InChI=1S/2C24H31N4S2.2Hg/c2*1-5-26(23(29)25-21-13-9-7-11-18(21)3)16-15-20-17-27(6-2)24(30)28(20)22-14-10-8-12-19(22)4;;/h2*7-15,20H,5-6,16-17H2,1-4H3,(H,25,29);;/p+2. The fourth-order valence-corrected chi connectivity index (χ4v) is 15.0. The van der Waals surface area contributed by atoms with Crippen LogP contribution in [0.4, 0.5) is 22.7 Å². The number of aryl methyl sites for hydroxylation is 4. The van der Waals surface area contributed by atoms with E-state index in [1.807, 2.05) is 0 Å². The number of para-hydroxylation sites is 4. The average molecular weight is 1280 g/mol. The zero-order valence-corrected chi connectivity index (χ0v) is 52.4. The molecule has 2 N–H and O–H groups in total. The number of nitrogens with zero attached hydrogens (tertiary/aromatic N) is 6. The fraction of sp³-hybridized carbons (Fsp3) is 0.417. The van der Waals surface area contributed by atoms with Gasteiger partial charge in [0.25, 0.3) is 0 Å². The quantitative estimate of drug-likeness (QED) is 0.0557. The molecule has 62 heavy (non-hydrogen) atoms. The molecule has 0 aliphatic carbocycles. The number of nitrogens with one attached hydrogen (secondary N) is 2. The number of thiol groups is 2. The van der Waals surface area contributed by atoms with Crippen molar-refractivity contribution >= 4 is 92.1 Å². The Labute approximate surface area is 426 Å². The van der Waals surface area contributed by atoms with E-state index in [0.717, 1.165) is 84.2 Å². The number of hydrogen-bond donors (Lipinski definition) is 2. The van der Waals surface area contributed by atoms with E-state index in [-0.39, 0.29) is 0 Å². The molecule has 322 valence electrons. The maximum atomic E-state index is 5.92. The van der Waals surface area contributed by atoms with E-state index in [4.69, 9.17) is 48.9 Å². The van der Waals surface area contributed by atoms with Gasteiger partial charge in [0, 0.05) is 0 Å². The summed E-state index contributed by atoms with van der Waals surface area (Å²) >= 11 is 22.7. The molecule has 6 rings (SSSR count). The number of hydrogen-bond acceptors (Lipinski definition) is 2. The van der Waals surface area contributed by atoms with Crippen LogP contribution in [0.2, 0.25) is 6.85 Å². The summed E-state index contributed by atoms with van der Waals surface area (Å²) in [6.07, 6.45) is 0. The summed E-state index contributed by atoms with van der Waals surface area (Å²) in [4.78, 5) is 14.3. The zero-order chi connectivity index (χ0) is 45.1. The Balaban J connectivity index is 0.000000234. The molecule has 2 aliphatic heterocycles. The fourth-order valence-electron chi connectivity index (χ4n) is 8.20. The molecule has 4 unspecified atom stereocenters. The third-order valence-corrected chi connectivity index (χ3v) is 20.0. The molecule has 0 aromatic heterocycles. The van der Waals surface area contributed by atoms with Gasteiger partial charge in [-0.05, 0) is 0 Å². The Morgan fingerprint density at radius 3 is 1.21 bits per heavy atom. The third-order valence-electron chi connectivity index (χ3n) is 12.1. The van der Waals surface area contributed by atoms with E-state index in [1.54, 1.807) is 0 Å². The van der Waals surface area contributed by atoms with E-state index >= 15 is 0 Å². The molecule has 4 aromatic carbocycles. The van der Waals surface area contributed by atoms with Crippen molar-refractivity contribution in [3.8, 4) is 0 Å². The van der Waals surface area contributed by atoms with Gasteiger partial charge in [0.1, 0.15) is 0 Å². The van der Waals surface area contributed by atoms with Crippen molar-refractivity contribution < 1.29 is 52.2 Å². The first kappa shape index (κ1) is 50.8. The first-order chi connectivity index (χ1) is 29.7. The molecule has 0 amide bonds. The van der Waals surface area contributed by atoms with Gasteiger partial charge in [0.15, 0.2) is 0 Å².